The molecule has 0 fully saturated rings. The maximum absolute atomic E-state index is 5.74. The van der Waals surface area contributed by atoms with Crippen LogP contribution in [0.4, 0.5) is 5.69 Å². The minimum Gasteiger partial charge on any atom is -0.397 e. The highest BCUT2D eigenvalue weighted by Gasteiger charge is 2.02. The monoisotopic (exact) mass is 190 g/mol. The largest absolute Gasteiger partial charge is 0.397 e. The molecule has 0 spiro atoms. The van der Waals surface area contributed by atoms with Crippen molar-refractivity contribution >= 4 is 17.2 Å². The van der Waals surface area contributed by atoms with Crippen LogP contribution in [-0.2, 0) is 6.42 Å². The Morgan fingerprint density at radius 3 is 2.62 bits per heavy atom. The first-order chi connectivity index (χ1) is 6.36. The maximum Gasteiger partial charge on any atom is 0.0663 e. The van der Waals surface area contributed by atoms with Crippen molar-refractivity contribution in [3.05, 3.63) is 47.0 Å². The first-order valence-electron chi connectivity index (χ1n) is 4.09. The summed E-state index contributed by atoms with van der Waals surface area (Å²) in [6.45, 7) is 0. The van der Waals surface area contributed by atoms with Crippen LogP contribution in [0.5, 0.6) is 0 Å². The molecule has 0 bridgehead atoms. The molecule has 66 valence electrons. The fourth-order valence-electron chi connectivity index (χ4n) is 1.19. The maximum atomic E-state index is 5.74. The molecule has 1 heterocycles. The van der Waals surface area contributed by atoms with Crippen LogP contribution in [0.3, 0.4) is 0 Å². The lowest BCUT2D eigenvalue weighted by molar-refractivity contribution is 1.24. The summed E-state index contributed by atoms with van der Waals surface area (Å²) >= 11 is 1.47. The van der Waals surface area contributed by atoms with Crippen molar-refractivity contribution in [2.75, 3.05) is 5.73 Å². The van der Waals surface area contributed by atoms with Crippen LogP contribution in [0.15, 0.2) is 36.5 Å². The van der Waals surface area contributed by atoms with Gasteiger partial charge in [-0.3, -0.25) is 0 Å². The van der Waals surface area contributed by atoms with Crippen LogP contribution in [0.2, 0.25) is 0 Å². The normalized spacial score (nSPS) is 10.2. The molecule has 0 unspecified atom stereocenters. The summed E-state index contributed by atoms with van der Waals surface area (Å²) in [5.74, 6) is 0. The summed E-state index contributed by atoms with van der Waals surface area (Å²) in [6, 6.07) is 10.3. The standard InChI is InChI=1S/C10H10N2S/c11-9-7-12-13-10(9)6-8-4-2-1-3-5-8/h1-5,7H,6,11H2. The molecule has 0 saturated carbocycles. The van der Waals surface area contributed by atoms with Crippen molar-refractivity contribution in [1.29, 1.82) is 0 Å². The Bertz CT molecular complexity index is 381. The van der Waals surface area contributed by atoms with E-state index in [1.54, 1.807) is 6.20 Å². The van der Waals surface area contributed by atoms with Gasteiger partial charge < -0.3 is 5.73 Å². The molecule has 13 heavy (non-hydrogen) atoms. The van der Waals surface area contributed by atoms with Gasteiger partial charge in [-0.25, -0.2) is 0 Å². The summed E-state index contributed by atoms with van der Waals surface area (Å²) < 4.78 is 4.03. The van der Waals surface area contributed by atoms with Crippen molar-refractivity contribution in [2.45, 2.75) is 6.42 Å². The number of nitrogens with two attached hydrogens (primary N) is 1. The first-order valence-corrected chi connectivity index (χ1v) is 4.86. The highest BCUT2D eigenvalue weighted by Crippen LogP contribution is 2.19. The third-order valence-electron chi connectivity index (χ3n) is 1.88. The summed E-state index contributed by atoms with van der Waals surface area (Å²) in [4.78, 5) is 1.14. The summed E-state index contributed by atoms with van der Waals surface area (Å²) in [5, 5.41) is 0. The molecule has 0 amide bonds. The van der Waals surface area contributed by atoms with Crippen molar-refractivity contribution in [2.24, 2.45) is 0 Å². The van der Waals surface area contributed by atoms with Crippen LogP contribution < -0.4 is 5.73 Å². The van der Waals surface area contributed by atoms with Crippen molar-refractivity contribution in [3.8, 4) is 0 Å². The second kappa shape index (κ2) is 3.58. The van der Waals surface area contributed by atoms with Gasteiger partial charge in [-0.15, -0.1) is 0 Å². The third kappa shape index (κ3) is 1.87. The number of aromatic nitrogens is 1. The number of hydrogen-bond donors (Lipinski definition) is 1. The molecule has 2 nitrogen and oxygen atoms in total. The number of nitrogens with zero attached hydrogens (tertiary/aromatic N) is 1. The minimum atomic E-state index is 0.800. The van der Waals surface area contributed by atoms with E-state index in [2.05, 4.69) is 16.5 Å². The van der Waals surface area contributed by atoms with E-state index < -0.39 is 0 Å². The van der Waals surface area contributed by atoms with Gasteiger partial charge in [0.05, 0.1) is 16.8 Å². The van der Waals surface area contributed by atoms with Crippen LogP contribution in [-0.4, -0.2) is 4.37 Å². The summed E-state index contributed by atoms with van der Waals surface area (Å²) in [5.41, 5.74) is 7.81. The Kier molecular flexibility index (Phi) is 2.27. The minimum absolute atomic E-state index is 0.800. The zero-order valence-electron chi connectivity index (χ0n) is 7.10. The van der Waals surface area contributed by atoms with Gasteiger partial charge in [-0.1, -0.05) is 30.3 Å². The third-order valence-corrected chi connectivity index (χ3v) is 2.70. The van der Waals surface area contributed by atoms with E-state index in [0.717, 1.165) is 17.0 Å². The number of rotatable bonds is 2. The number of benzene rings is 1. The van der Waals surface area contributed by atoms with Crippen molar-refractivity contribution in [1.82, 2.24) is 4.37 Å². The van der Waals surface area contributed by atoms with Gasteiger partial charge in [0.2, 0.25) is 0 Å². The fourth-order valence-corrected chi connectivity index (χ4v) is 1.87. The summed E-state index contributed by atoms with van der Waals surface area (Å²) in [6.07, 6.45) is 2.60. The SMILES string of the molecule is Nc1cnsc1Cc1ccccc1. The van der Waals surface area contributed by atoms with E-state index in [1.165, 1.54) is 17.1 Å². The number of nitrogen functional groups attached to an aromatic ring is 1. The van der Waals surface area contributed by atoms with E-state index in [4.69, 9.17) is 5.73 Å². The fraction of sp³-hybridized carbons (Fsp3) is 0.100. The molecule has 1 aromatic carbocycles. The van der Waals surface area contributed by atoms with Gasteiger partial charge >= 0.3 is 0 Å². The van der Waals surface area contributed by atoms with Gasteiger partial charge in [-0.05, 0) is 17.1 Å². The molecule has 0 radical (unpaired) electrons. The first kappa shape index (κ1) is 8.26. The Labute approximate surface area is 81.2 Å². The molecular formula is C10H10N2S. The zero-order chi connectivity index (χ0) is 9.10. The molecule has 0 atom stereocenters. The Balaban J connectivity index is 2.20. The predicted molar refractivity (Wildman–Crippen MR) is 55.8 cm³/mol. The lowest BCUT2D eigenvalue weighted by Crippen LogP contribution is -1.89. The van der Waals surface area contributed by atoms with Gasteiger partial charge in [0.25, 0.3) is 0 Å². The average molecular weight is 190 g/mol. The Hall–Kier alpha value is -1.35. The lowest BCUT2D eigenvalue weighted by atomic mass is 10.1. The molecule has 0 aliphatic heterocycles. The van der Waals surface area contributed by atoms with E-state index >= 15 is 0 Å². The molecule has 0 aliphatic rings. The molecule has 2 N–H and O–H groups in total. The van der Waals surface area contributed by atoms with Crippen LogP contribution in [0, 0.1) is 0 Å². The van der Waals surface area contributed by atoms with Gasteiger partial charge in [-0.2, -0.15) is 4.37 Å². The van der Waals surface area contributed by atoms with E-state index in [1.807, 2.05) is 18.2 Å². The quantitative estimate of drug-likeness (QED) is 0.789. The van der Waals surface area contributed by atoms with Crippen molar-refractivity contribution in [3.63, 3.8) is 0 Å². The smallest absolute Gasteiger partial charge is 0.0663 e. The van der Waals surface area contributed by atoms with Gasteiger partial charge in [0.1, 0.15) is 0 Å². The molecule has 3 heteroatoms. The van der Waals surface area contributed by atoms with Crippen LogP contribution in [0.25, 0.3) is 0 Å². The molecule has 2 rings (SSSR count). The van der Waals surface area contributed by atoms with E-state index in [0.29, 0.717) is 0 Å². The van der Waals surface area contributed by atoms with Crippen molar-refractivity contribution < 1.29 is 0 Å². The second-order valence-electron chi connectivity index (χ2n) is 2.87. The van der Waals surface area contributed by atoms with Gasteiger partial charge in [0.15, 0.2) is 0 Å². The molecule has 1 aromatic heterocycles. The van der Waals surface area contributed by atoms with Crippen LogP contribution >= 0.6 is 11.5 Å². The Morgan fingerprint density at radius 1 is 1.23 bits per heavy atom. The highest BCUT2D eigenvalue weighted by atomic mass is 32.1. The molecule has 2 aromatic rings. The average Bonchev–Trinajstić information content (AvgIpc) is 2.54. The van der Waals surface area contributed by atoms with E-state index in [9.17, 15) is 0 Å². The number of anilines is 1. The zero-order valence-corrected chi connectivity index (χ0v) is 7.92. The second-order valence-corrected chi connectivity index (χ2v) is 3.75. The topological polar surface area (TPSA) is 38.9 Å². The van der Waals surface area contributed by atoms with E-state index in [-0.39, 0.29) is 0 Å². The van der Waals surface area contributed by atoms with Crippen LogP contribution in [0.1, 0.15) is 10.4 Å². The molecule has 0 saturated heterocycles. The highest BCUT2D eigenvalue weighted by molar-refractivity contribution is 7.06. The molecular weight excluding hydrogens is 180 g/mol. The molecule has 0 aliphatic carbocycles. The van der Waals surface area contributed by atoms with Gasteiger partial charge in [0, 0.05) is 6.42 Å². The summed E-state index contributed by atoms with van der Waals surface area (Å²) in [7, 11) is 0. The lowest BCUT2D eigenvalue weighted by Gasteiger charge is -1.97. The number of hydrogen-bond acceptors (Lipinski definition) is 3. The Morgan fingerprint density at radius 2 is 2.00 bits per heavy atom. The predicted octanol–water partition coefficient (Wildman–Crippen LogP) is 2.32.